The Kier molecular flexibility index (Phi) is 6.35. The van der Waals surface area contributed by atoms with E-state index in [1.807, 2.05) is 49.4 Å². The third-order valence-electron chi connectivity index (χ3n) is 4.88. The van der Waals surface area contributed by atoms with Crippen molar-refractivity contribution < 1.29 is 9.84 Å². The molecule has 144 valence electrons. The first-order valence-corrected chi connectivity index (χ1v) is 9.62. The summed E-state index contributed by atoms with van der Waals surface area (Å²) in [5.74, 6) is 2.08. The highest BCUT2D eigenvalue weighted by Gasteiger charge is 2.23. The lowest BCUT2D eigenvalue weighted by atomic mass is 9.93. The Hall–Kier alpha value is -2.53. The van der Waals surface area contributed by atoms with Crippen molar-refractivity contribution in [2.45, 2.75) is 31.8 Å². The minimum absolute atomic E-state index is 0.288. The molecular weight excluding hydrogens is 338 g/mol. The lowest BCUT2D eigenvalue weighted by Crippen LogP contribution is -2.41. The zero-order valence-electron chi connectivity index (χ0n) is 16.1. The van der Waals surface area contributed by atoms with E-state index in [4.69, 9.17) is 4.74 Å². The number of aliphatic imine (C=N–C) groups is 1. The number of aliphatic hydroxyl groups is 1. The van der Waals surface area contributed by atoms with Crippen LogP contribution in [0.2, 0.25) is 0 Å². The molecule has 0 radical (unpaired) electrons. The van der Waals surface area contributed by atoms with Crippen molar-refractivity contribution in [2.24, 2.45) is 4.99 Å². The minimum Gasteiger partial charge on any atom is -0.493 e. The number of rotatable bonds is 6. The predicted molar refractivity (Wildman–Crippen MR) is 109 cm³/mol. The van der Waals surface area contributed by atoms with Crippen LogP contribution in [-0.2, 0) is 5.60 Å². The van der Waals surface area contributed by atoms with Gasteiger partial charge in [0.05, 0.1) is 13.2 Å². The second-order valence-corrected chi connectivity index (χ2v) is 7.09. The van der Waals surface area contributed by atoms with Gasteiger partial charge in [-0.2, -0.15) is 0 Å². The average Bonchev–Trinajstić information content (AvgIpc) is 2.71. The quantitative estimate of drug-likeness (QED) is 0.542. The molecule has 27 heavy (non-hydrogen) atoms. The van der Waals surface area contributed by atoms with Crippen molar-refractivity contribution in [3.05, 3.63) is 65.7 Å². The van der Waals surface area contributed by atoms with Gasteiger partial charge in [0, 0.05) is 19.0 Å². The summed E-state index contributed by atoms with van der Waals surface area (Å²) < 4.78 is 5.74. The van der Waals surface area contributed by atoms with Gasteiger partial charge in [-0.1, -0.05) is 48.5 Å². The summed E-state index contributed by atoms with van der Waals surface area (Å²) in [6.45, 7) is 6.40. The first-order chi connectivity index (χ1) is 13.1. The molecule has 0 aliphatic carbocycles. The summed E-state index contributed by atoms with van der Waals surface area (Å²) in [5.41, 5.74) is 1.10. The average molecular weight is 367 g/mol. The fraction of sp³-hybridized carbons (Fsp3) is 0.409. The molecule has 0 fully saturated rings. The first kappa shape index (κ1) is 19.2. The molecule has 0 spiro atoms. The third-order valence-corrected chi connectivity index (χ3v) is 4.88. The van der Waals surface area contributed by atoms with Gasteiger partial charge in [-0.25, -0.2) is 4.99 Å². The van der Waals surface area contributed by atoms with Crippen LogP contribution in [-0.4, -0.2) is 37.3 Å². The Morgan fingerprint density at radius 2 is 1.89 bits per heavy atom. The predicted octanol–water partition coefficient (Wildman–Crippen LogP) is 3.02. The van der Waals surface area contributed by atoms with E-state index >= 15 is 0 Å². The van der Waals surface area contributed by atoms with Gasteiger partial charge in [-0.05, 0) is 37.5 Å². The topological polar surface area (TPSA) is 65.9 Å². The van der Waals surface area contributed by atoms with Gasteiger partial charge in [-0.3, -0.25) is 0 Å². The van der Waals surface area contributed by atoms with Crippen LogP contribution in [0.3, 0.4) is 0 Å². The molecule has 1 aliphatic rings. The van der Waals surface area contributed by atoms with Crippen LogP contribution in [0, 0.1) is 0 Å². The van der Waals surface area contributed by atoms with E-state index in [1.54, 1.807) is 6.92 Å². The maximum Gasteiger partial charge on any atom is 0.191 e. The number of fused-ring (bicyclic) bond motifs is 1. The van der Waals surface area contributed by atoms with Gasteiger partial charge in [0.1, 0.15) is 11.4 Å². The Labute approximate surface area is 161 Å². The molecule has 5 nitrogen and oxygen atoms in total. The molecule has 0 bridgehead atoms. The molecule has 3 N–H and O–H groups in total. The number of hydrogen-bond acceptors (Lipinski definition) is 3. The molecule has 2 unspecified atom stereocenters. The summed E-state index contributed by atoms with van der Waals surface area (Å²) in [6.07, 6.45) is 0.977. The second-order valence-electron chi connectivity index (χ2n) is 7.09. The number of para-hydroxylation sites is 1. The molecule has 0 amide bonds. The molecule has 5 heteroatoms. The van der Waals surface area contributed by atoms with E-state index in [1.165, 1.54) is 5.56 Å². The fourth-order valence-corrected chi connectivity index (χ4v) is 3.31. The summed E-state index contributed by atoms with van der Waals surface area (Å²) in [6, 6.07) is 17.9. The van der Waals surface area contributed by atoms with Crippen molar-refractivity contribution in [3.63, 3.8) is 0 Å². The van der Waals surface area contributed by atoms with Crippen molar-refractivity contribution >= 4 is 5.96 Å². The Balaban J connectivity index is 1.65. The Morgan fingerprint density at radius 1 is 1.15 bits per heavy atom. The maximum atomic E-state index is 10.8. The van der Waals surface area contributed by atoms with Crippen LogP contribution in [0.4, 0.5) is 0 Å². The second kappa shape index (κ2) is 8.91. The number of benzene rings is 2. The fourth-order valence-electron chi connectivity index (χ4n) is 3.31. The monoisotopic (exact) mass is 367 g/mol. The van der Waals surface area contributed by atoms with Gasteiger partial charge in [0.25, 0.3) is 0 Å². The SMILES string of the molecule is CCNC(=NCC(C)(O)c1ccccc1)NCC1CCOc2ccccc21. The summed E-state index contributed by atoms with van der Waals surface area (Å²) in [5, 5.41) is 17.5. The van der Waals surface area contributed by atoms with Crippen molar-refractivity contribution in [3.8, 4) is 5.75 Å². The summed E-state index contributed by atoms with van der Waals surface area (Å²) in [4.78, 5) is 4.62. The highest BCUT2D eigenvalue weighted by molar-refractivity contribution is 5.79. The Morgan fingerprint density at radius 3 is 2.67 bits per heavy atom. The standard InChI is InChI=1S/C22H29N3O2/c1-3-23-21(25-16-22(2,26)18-9-5-4-6-10-18)24-15-17-13-14-27-20-12-8-7-11-19(17)20/h4-12,17,26H,3,13-16H2,1-2H3,(H2,23,24,25). The zero-order chi connectivity index (χ0) is 19.1. The highest BCUT2D eigenvalue weighted by Crippen LogP contribution is 2.32. The lowest BCUT2D eigenvalue weighted by molar-refractivity contribution is 0.0672. The zero-order valence-corrected chi connectivity index (χ0v) is 16.1. The van der Waals surface area contributed by atoms with Crippen LogP contribution in [0.5, 0.6) is 5.75 Å². The minimum atomic E-state index is -1.01. The van der Waals surface area contributed by atoms with Gasteiger partial charge < -0.3 is 20.5 Å². The van der Waals surface area contributed by atoms with Gasteiger partial charge >= 0.3 is 0 Å². The normalized spacial score (nSPS) is 18.8. The molecule has 0 saturated carbocycles. The molecule has 2 aromatic rings. The molecule has 3 rings (SSSR count). The molecular formula is C22H29N3O2. The first-order valence-electron chi connectivity index (χ1n) is 9.62. The van der Waals surface area contributed by atoms with Gasteiger partial charge in [0.15, 0.2) is 5.96 Å². The summed E-state index contributed by atoms with van der Waals surface area (Å²) in [7, 11) is 0. The maximum absolute atomic E-state index is 10.8. The van der Waals surface area contributed by atoms with Crippen LogP contribution in [0.15, 0.2) is 59.6 Å². The molecule has 1 heterocycles. The van der Waals surface area contributed by atoms with Crippen LogP contribution >= 0.6 is 0 Å². The molecule has 0 aromatic heterocycles. The number of guanidine groups is 1. The van der Waals surface area contributed by atoms with Crippen molar-refractivity contribution in [1.29, 1.82) is 0 Å². The molecule has 1 aliphatic heterocycles. The van der Waals surface area contributed by atoms with Crippen LogP contribution < -0.4 is 15.4 Å². The lowest BCUT2D eigenvalue weighted by Gasteiger charge is -2.27. The van der Waals surface area contributed by atoms with E-state index < -0.39 is 5.60 Å². The third kappa shape index (κ3) is 5.01. The van der Waals surface area contributed by atoms with Gasteiger partial charge in [0.2, 0.25) is 0 Å². The van der Waals surface area contributed by atoms with Crippen molar-refractivity contribution in [2.75, 3.05) is 26.2 Å². The van der Waals surface area contributed by atoms with E-state index in [0.29, 0.717) is 5.92 Å². The molecule has 0 saturated heterocycles. The van der Waals surface area contributed by atoms with Gasteiger partial charge in [-0.15, -0.1) is 0 Å². The summed E-state index contributed by atoms with van der Waals surface area (Å²) >= 11 is 0. The molecule has 2 atom stereocenters. The van der Waals surface area contributed by atoms with E-state index in [-0.39, 0.29) is 6.54 Å². The van der Waals surface area contributed by atoms with E-state index in [9.17, 15) is 5.11 Å². The van der Waals surface area contributed by atoms with Crippen molar-refractivity contribution in [1.82, 2.24) is 10.6 Å². The number of nitrogens with zero attached hydrogens (tertiary/aromatic N) is 1. The number of nitrogens with one attached hydrogen (secondary N) is 2. The smallest absolute Gasteiger partial charge is 0.191 e. The number of ether oxygens (including phenoxy) is 1. The van der Waals surface area contributed by atoms with Crippen LogP contribution in [0.1, 0.15) is 37.3 Å². The number of hydrogen-bond donors (Lipinski definition) is 3. The highest BCUT2D eigenvalue weighted by atomic mass is 16.5. The molecule has 2 aromatic carbocycles. The van der Waals surface area contributed by atoms with E-state index in [0.717, 1.165) is 43.4 Å². The van der Waals surface area contributed by atoms with Crippen LogP contribution in [0.25, 0.3) is 0 Å². The largest absolute Gasteiger partial charge is 0.493 e. The van der Waals surface area contributed by atoms with E-state index in [2.05, 4.69) is 27.8 Å². The Bertz CT molecular complexity index is 759.